The predicted molar refractivity (Wildman–Crippen MR) is 59.3 cm³/mol. The van der Waals surface area contributed by atoms with E-state index in [0.717, 1.165) is 5.56 Å². The summed E-state index contributed by atoms with van der Waals surface area (Å²) in [4.78, 5) is 11.4. The molecule has 0 aliphatic heterocycles. The highest BCUT2D eigenvalue weighted by Crippen LogP contribution is 1.98. The minimum atomic E-state index is -0.166. The van der Waals surface area contributed by atoms with E-state index in [1.807, 2.05) is 30.3 Å². The number of hydrogen-bond donors (Lipinski definition) is 1. The van der Waals surface area contributed by atoms with Crippen LogP contribution < -0.4 is 5.32 Å². The predicted octanol–water partition coefficient (Wildman–Crippen LogP) is 1.51. The zero-order valence-corrected chi connectivity index (χ0v) is 8.82. The first-order valence-electron chi connectivity index (χ1n) is 4.73. The smallest absolute Gasteiger partial charge is 0.249 e. The molecule has 0 bridgehead atoms. The molecule has 80 valence electrons. The van der Waals surface area contributed by atoms with Crippen LogP contribution in [-0.4, -0.2) is 19.6 Å². The van der Waals surface area contributed by atoms with Crippen LogP contribution in [0.5, 0.6) is 0 Å². The Kier molecular flexibility index (Phi) is 4.57. The van der Waals surface area contributed by atoms with E-state index in [1.54, 1.807) is 0 Å². The summed E-state index contributed by atoms with van der Waals surface area (Å²) >= 11 is 0. The second kappa shape index (κ2) is 5.98. The molecule has 0 radical (unpaired) electrons. The van der Waals surface area contributed by atoms with E-state index in [9.17, 15) is 4.79 Å². The molecular weight excluding hydrogens is 190 g/mol. The minimum Gasteiger partial charge on any atom is -0.380 e. The van der Waals surface area contributed by atoms with E-state index in [0.29, 0.717) is 12.1 Å². The van der Waals surface area contributed by atoms with Crippen molar-refractivity contribution in [1.29, 1.82) is 0 Å². The standard InChI is InChI=1S/C12H15NO2/c1-10(9-15-2)12(14)13-8-11-6-4-3-5-7-11/h3-7H,1,8-9H2,2H3,(H,13,14). The van der Waals surface area contributed by atoms with Gasteiger partial charge in [0.25, 0.3) is 0 Å². The van der Waals surface area contributed by atoms with Gasteiger partial charge in [-0.25, -0.2) is 0 Å². The number of amides is 1. The van der Waals surface area contributed by atoms with Crippen molar-refractivity contribution in [3.8, 4) is 0 Å². The Labute approximate surface area is 89.8 Å². The third-order valence-electron chi connectivity index (χ3n) is 1.94. The van der Waals surface area contributed by atoms with Crippen molar-refractivity contribution in [2.75, 3.05) is 13.7 Å². The number of ether oxygens (including phenoxy) is 1. The number of rotatable bonds is 5. The van der Waals surface area contributed by atoms with Crippen LogP contribution in [0.4, 0.5) is 0 Å². The van der Waals surface area contributed by atoms with Gasteiger partial charge in [0, 0.05) is 19.2 Å². The first-order valence-corrected chi connectivity index (χ1v) is 4.73. The Morgan fingerprint density at radius 2 is 2.07 bits per heavy atom. The van der Waals surface area contributed by atoms with Crippen LogP contribution in [0.3, 0.4) is 0 Å². The van der Waals surface area contributed by atoms with Crippen LogP contribution in [0.25, 0.3) is 0 Å². The molecule has 1 rings (SSSR count). The van der Waals surface area contributed by atoms with Crippen molar-refractivity contribution in [3.63, 3.8) is 0 Å². The number of benzene rings is 1. The fourth-order valence-electron chi connectivity index (χ4n) is 1.14. The summed E-state index contributed by atoms with van der Waals surface area (Å²) in [5.41, 5.74) is 1.50. The monoisotopic (exact) mass is 205 g/mol. The number of hydrogen-bond acceptors (Lipinski definition) is 2. The number of carbonyl (C=O) groups is 1. The zero-order valence-electron chi connectivity index (χ0n) is 8.82. The van der Waals surface area contributed by atoms with Gasteiger partial charge in [-0.05, 0) is 5.56 Å². The molecule has 0 aromatic heterocycles. The molecule has 0 heterocycles. The van der Waals surface area contributed by atoms with E-state index in [2.05, 4.69) is 11.9 Å². The Morgan fingerprint density at radius 1 is 1.40 bits per heavy atom. The lowest BCUT2D eigenvalue weighted by molar-refractivity contribution is -0.118. The molecule has 0 spiro atoms. The normalized spacial score (nSPS) is 9.67. The first-order chi connectivity index (χ1) is 7.24. The van der Waals surface area contributed by atoms with Gasteiger partial charge in [-0.2, -0.15) is 0 Å². The molecule has 3 heteroatoms. The maximum Gasteiger partial charge on any atom is 0.249 e. The zero-order chi connectivity index (χ0) is 11.1. The van der Waals surface area contributed by atoms with Crippen molar-refractivity contribution < 1.29 is 9.53 Å². The molecule has 0 saturated heterocycles. The molecule has 0 unspecified atom stereocenters. The number of carbonyl (C=O) groups excluding carboxylic acids is 1. The molecule has 3 nitrogen and oxygen atoms in total. The van der Waals surface area contributed by atoms with Gasteiger partial charge in [0.15, 0.2) is 0 Å². The summed E-state index contributed by atoms with van der Waals surface area (Å²) < 4.78 is 4.82. The van der Waals surface area contributed by atoms with Gasteiger partial charge in [0.05, 0.1) is 6.61 Å². The fraction of sp³-hybridized carbons (Fsp3) is 0.250. The van der Waals surface area contributed by atoms with Gasteiger partial charge in [-0.3, -0.25) is 4.79 Å². The summed E-state index contributed by atoms with van der Waals surface area (Å²) in [6.07, 6.45) is 0. The molecular formula is C12H15NO2. The number of methoxy groups -OCH3 is 1. The summed E-state index contributed by atoms with van der Waals surface area (Å²) in [5.74, 6) is -0.166. The molecule has 0 atom stereocenters. The van der Waals surface area contributed by atoms with Gasteiger partial charge in [-0.15, -0.1) is 0 Å². The summed E-state index contributed by atoms with van der Waals surface area (Å²) in [6, 6.07) is 9.73. The largest absolute Gasteiger partial charge is 0.380 e. The SMILES string of the molecule is C=C(COC)C(=O)NCc1ccccc1. The Bertz CT molecular complexity index is 333. The van der Waals surface area contributed by atoms with Gasteiger partial charge in [0.2, 0.25) is 5.91 Å². The molecule has 1 aromatic carbocycles. The van der Waals surface area contributed by atoms with Crippen molar-refractivity contribution in [3.05, 3.63) is 48.0 Å². The van der Waals surface area contributed by atoms with E-state index in [1.165, 1.54) is 7.11 Å². The highest BCUT2D eigenvalue weighted by molar-refractivity contribution is 5.92. The summed E-state index contributed by atoms with van der Waals surface area (Å²) in [5, 5.41) is 2.77. The van der Waals surface area contributed by atoms with Crippen molar-refractivity contribution in [2.45, 2.75) is 6.54 Å². The van der Waals surface area contributed by atoms with Crippen LogP contribution in [0.2, 0.25) is 0 Å². The van der Waals surface area contributed by atoms with Crippen LogP contribution in [0.15, 0.2) is 42.5 Å². The van der Waals surface area contributed by atoms with Crippen LogP contribution in [-0.2, 0) is 16.1 Å². The van der Waals surface area contributed by atoms with E-state index < -0.39 is 0 Å². The number of nitrogens with one attached hydrogen (secondary N) is 1. The maximum atomic E-state index is 11.4. The van der Waals surface area contributed by atoms with Crippen molar-refractivity contribution >= 4 is 5.91 Å². The summed E-state index contributed by atoms with van der Waals surface area (Å²) in [7, 11) is 1.54. The third kappa shape index (κ3) is 3.95. The lowest BCUT2D eigenvalue weighted by Gasteiger charge is -2.06. The van der Waals surface area contributed by atoms with E-state index >= 15 is 0 Å². The molecule has 0 aliphatic rings. The van der Waals surface area contributed by atoms with E-state index in [4.69, 9.17) is 4.74 Å². The molecule has 0 aliphatic carbocycles. The Balaban J connectivity index is 2.38. The lowest BCUT2D eigenvalue weighted by atomic mass is 10.2. The maximum absolute atomic E-state index is 11.4. The van der Waals surface area contributed by atoms with Gasteiger partial charge in [-0.1, -0.05) is 36.9 Å². The topological polar surface area (TPSA) is 38.3 Å². The molecule has 0 fully saturated rings. The highest BCUT2D eigenvalue weighted by Gasteiger charge is 2.05. The molecule has 1 aromatic rings. The quantitative estimate of drug-likeness (QED) is 0.740. The van der Waals surface area contributed by atoms with Crippen molar-refractivity contribution in [1.82, 2.24) is 5.32 Å². The summed E-state index contributed by atoms with van der Waals surface area (Å²) in [6.45, 7) is 4.40. The minimum absolute atomic E-state index is 0.166. The van der Waals surface area contributed by atoms with Gasteiger partial charge in [0.1, 0.15) is 0 Å². The molecule has 1 N–H and O–H groups in total. The first kappa shape index (κ1) is 11.5. The Morgan fingerprint density at radius 3 is 2.67 bits per heavy atom. The highest BCUT2D eigenvalue weighted by atomic mass is 16.5. The third-order valence-corrected chi connectivity index (χ3v) is 1.94. The molecule has 0 saturated carbocycles. The van der Waals surface area contributed by atoms with Crippen LogP contribution >= 0.6 is 0 Å². The van der Waals surface area contributed by atoms with Crippen molar-refractivity contribution in [2.24, 2.45) is 0 Å². The molecule has 1 amide bonds. The van der Waals surface area contributed by atoms with Crippen LogP contribution in [0, 0.1) is 0 Å². The second-order valence-electron chi connectivity index (χ2n) is 3.20. The second-order valence-corrected chi connectivity index (χ2v) is 3.20. The van der Waals surface area contributed by atoms with Gasteiger partial charge >= 0.3 is 0 Å². The fourth-order valence-corrected chi connectivity index (χ4v) is 1.14. The average Bonchev–Trinajstić information content (AvgIpc) is 2.27. The molecule has 15 heavy (non-hydrogen) atoms. The van der Waals surface area contributed by atoms with E-state index in [-0.39, 0.29) is 12.5 Å². The average molecular weight is 205 g/mol. The Hall–Kier alpha value is -1.61. The van der Waals surface area contributed by atoms with Gasteiger partial charge < -0.3 is 10.1 Å². The lowest BCUT2D eigenvalue weighted by Crippen LogP contribution is -2.25. The van der Waals surface area contributed by atoms with Crippen LogP contribution in [0.1, 0.15) is 5.56 Å².